The summed E-state index contributed by atoms with van der Waals surface area (Å²) in [4.78, 5) is 20.0. The minimum Gasteiger partial charge on any atom is -0.454 e. The molecule has 0 spiro atoms. The van der Waals surface area contributed by atoms with Crippen LogP contribution in [0.2, 0.25) is 0 Å². The third kappa shape index (κ3) is 3.37. The molecule has 25 heavy (non-hydrogen) atoms. The van der Waals surface area contributed by atoms with Crippen LogP contribution >= 0.6 is 0 Å². The Morgan fingerprint density at radius 1 is 1.12 bits per heavy atom. The van der Waals surface area contributed by atoms with E-state index in [9.17, 15) is 4.79 Å². The number of hydrogen-bond donors (Lipinski definition) is 3. The van der Waals surface area contributed by atoms with Crippen molar-refractivity contribution < 1.29 is 14.3 Å². The van der Waals surface area contributed by atoms with E-state index in [1.54, 1.807) is 37.4 Å². The van der Waals surface area contributed by atoms with Crippen molar-refractivity contribution in [3.05, 3.63) is 42.7 Å². The van der Waals surface area contributed by atoms with E-state index in [2.05, 4.69) is 15.3 Å². The maximum Gasteiger partial charge on any atom is 0.411 e. The number of aromatic nitrogens is 2. The first-order valence-electron chi connectivity index (χ1n) is 7.59. The number of anilines is 3. The van der Waals surface area contributed by atoms with Gasteiger partial charge in [-0.1, -0.05) is 0 Å². The highest BCUT2D eigenvalue weighted by Crippen LogP contribution is 2.36. The van der Waals surface area contributed by atoms with Gasteiger partial charge >= 0.3 is 6.09 Å². The molecular formula is C17H17N5O3. The van der Waals surface area contributed by atoms with Crippen LogP contribution in [0.3, 0.4) is 0 Å². The number of nitrogens with two attached hydrogens (primary N) is 2. The van der Waals surface area contributed by atoms with Crippen LogP contribution in [0.4, 0.5) is 22.0 Å². The molecule has 1 amide bonds. The molecule has 2 heterocycles. The van der Waals surface area contributed by atoms with Gasteiger partial charge in [0.25, 0.3) is 0 Å². The van der Waals surface area contributed by atoms with E-state index in [1.807, 2.05) is 6.07 Å². The van der Waals surface area contributed by atoms with Crippen LogP contribution < -0.4 is 21.5 Å². The van der Waals surface area contributed by atoms with Crippen molar-refractivity contribution >= 4 is 34.2 Å². The lowest BCUT2D eigenvalue weighted by atomic mass is 10.1. The molecule has 0 unspecified atom stereocenters. The number of rotatable bonds is 4. The molecule has 0 saturated carbocycles. The predicted octanol–water partition coefficient (Wildman–Crippen LogP) is 3.15. The summed E-state index contributed by atoms with van der Waals surface area (Å²) in [5, 5.41) is 3.28. The normalized spacial score (nSPS) is 10.4. The van der Waals surface area contributed by atoms with Gasteiger partial charge in [0.05, 0.1) is 17.8 Å². The van der Waals surface area contributed by atoms with E-state index < -0.39 is 6.09 Å². The number of benzene rings is 1. The van der Waals surface area contributed by atoms with E-state index in [0.717, 1.165) is 5.39 Å². The predicted molar refractivity (Wildman–Crippen MR) is 95.5 cm³/mol. The molecule has 0 atom stereocenters. The van der Waals surface area contributed by atoms with E-state index >= 15 is 0 Å². The summed E-state index contributed by atoms with van der Waals surface area (Å²) in [6.07, 6.45) is 2.50. The SMILES string of the molecule is CCOC(=O)Nc1c(Oc2ccc(N)c3ncccc23)ccnc1N. The lowest BCUT2D eigenvalue weighted by Crippen LogP contribution is -2.15. The number of carbonyl (C=O) groups excluding carboxylic acids is 1. The highest BCUT2D eigenvalue weighted by molar-refractivity contribution is 5.95. The molecule has 0 aliphatic rings. The first-order valence-corrected chi connectivity index (χ1v) is 7.59. The summed E-state index contributed by atoms with van der Waals surface area (Å²) < 4.78 is 10.8. The Bertz CT molecular complexity index is 929. The highest BCUT2D eigenvalue weighted by atomic mass is 16.5. The molecule has 0 fully saturated rings. The Morgan fingerprint density at radius 2 is 1.96 bits per heavy atom. The van der Waals surface area contributed by atoms with Crippen molar-refractivity contribution in [2.24, 2.45) is 0 Å². The molecule has 128 valence electrons. The average Bonchev–Trinajstić information content (AvgIpc) is 2.61. The topological polar surface area (TPSA) is 125 Å². The van der Waals surface area contributed by atoms with Crippen molar-refractivity contribution in [3.8, 4) is 11.5 Å². The number of nitrogens with one attached hydrogen (secondary N) is 1. The molecule has 8 nitrogen and oxygen atoms in total. The molecule has 0 aliphatic carbocycles. The van der Waals surface area contributed by atoms with Gasteiger partial charge in [-0.05, 0) is 31.2 Å². The highest BCUT2D eigenvalue weighted by Gasteiger charge is 2.15. The number of amides is 1. The fraction of sp³-hybridized carbons (Fsp3) is 0.118. The minimum atomic E-state index is -0.643. The van der Waals surface area contributed by atoms with Gasteiger partial charge in [-0.25, -0.2) is 9.78 Å². The third-order valence-corrected chi connectivity index (χ3v) is 3.43. The van der Waals surface area contributed by atoms with Gasteiger partial charge in [0.1, 0.15) is 11.4 Å². The molecule has 0 bridgehead atoms. The molecule has 0 aliphatic heterocycles. The number of nitrogen functional groups attached to an aromatic ring is 2. The molecule has 5 N–H and O–H groups in total. The molecule has 0 saturated heterocycles. The van der Waals surface area contributed by atoms with Crippen LogP contribution in [0.15, 0.2) is 42.7 Å². The standard InChI is InChI=1S/C17H17N5O3/c1-2-24-17(23)22-15-13(7-9-21-16(15)19)25-12-6-5-11(18)14-10(12)4-3-8-20-14/h3-9H,2,18H2,1H3,(H2,19,21)(H,22,23). The number of hydrogen-bond acceptors (Lipinski definition) is 7. The van der Waals surface area contributed by atoms with Crippen LogP contribution in [-0.4, -0.2) is 22.7 Å². The lowest BCUT2D eigenvalue weighted by molar-refractivity contribution is 0.168. The number of nitrogens with zero attached hydrogens (tertiary/aromatic N) is 2. The molecule has 2 aromatic heterocycles. The van der Waals surface area contributed by atoms with Crippen LogP contribution in [0.5, 0.6) is 11.5 Å². The quantitative estimate of drug-likeness (QED) is 0.623. The van der Waals surface area contributed by atoms with Crippen LogP contribution in [0, 0.1) is 0 Å². The Morgan fingerprint density at radius 3 is 2.76 bits per heavy atom. The lowest BCUT2D eigenvalue weighted by Gasteiger charge is -2.15. The van der Waals surface area contributed by atoms with Crippen LogP contribution in [-0.2, 0) is 4.74 Å². The first-order chi connectivity index (χ1) is 12.1. The fourth-order valence-electron chi connectivity index (χ4n) is 2.32. The first kappa shape index (κ1) is 16.3. The summed E-state index contributed by atoms with van der Waals surface area (Å²) in [6.45, 7) is 1.94. The van der Waals surface area contributed by atoms with Crippen molar-refractivity contribution in [1.29, 1.82) is 0 Å². The third-order valence-electron chi connectivity index (χ3n) is 3.43. The fourth-order valence-corrected chi connectivity index (χ4v) is 2.32. The smallest absolute Gasteiger partial charge is 0.411 e. The Balaban J connectivity index is 2.00. The second-order valence-corrected chi connectivity index (χ2v) is 5.07. The van der Waals surface area contributed by atoms with E-state index in [0.29, 0.717) is 22.7 Å². The monoisotopic (exact) mass is 339 g/mol. The van der Waals surface area contributed by atoms with Crippen LogP contribution in [0.25, 0.3) is 10.9 Å². The zero-order valence-electron chi connectivity index (χ0n) is 13.5. The number of pyridine rings is 2. The van der Waals surface area contributed by atoms with E-state index in [4.69, 9.17) is 20.9 Å². The molecule has 3 rings (SSSR count). The summed E-state index contributed by atoms with van der Waals surface area (Å²) in [7, 11) is 0. The Kier molecular flexibility index (Phi) is 4.51. The van der Waals surface area contributed by atoms with Crippen molar-refractivity contribution in [2.45, 2.75) is 6.92 Å². The second-order valence-electron chi connectivity index (χ2n) is 5.07. The number of carbonyl (C=O) groups is 1. The van der Waals surface area contributed by atoms with Crippen molar-refractivity contribution in [3.63, 3.8) is 0 Å². The molecule has 0 radical (unpaired) electrons. The Labute approximate surface area is 143 Å². The summed E-state index contributed by atoms with van der Waals surface area (Å²) in [5.74, 6) is 0.966. The summed E-state index contributed by atoms with van der Waals surface area (Å²) in [6, 6.07) is 8.65. The molecule has 8 heteroatoms. The summed E-state index contributed by atoms with van der Waals surface area (Å²) >= 11 is 0. The van der Waals surface area contributed by atoms with Gasteiger partial charge in [-0.3, -0.25) is 10.3 Å². The van der Waals surface area contributed by atoms with Gasteiger partial charge in [-0.15, -0.1) is 0 Å². The van der Waals surface area contributed by atoms with Gasteiger partial charge in [0.2, 0.25) is 0 Å². The van der Waals surface area contributed by atoms with E-state index in [-0.39, 0.29) is 18.1 Å². The minimum absolute atomic E-state index is 0.114. The van der Waals surface area contributed by atoms with Gasteiger partial charge in [0, 0.05) is 23.8 Å². The average molecular weight is 339 g/mol. The second kappa shape index (κ2) is 6.91. The summed E-state index contributed by atoms with van der Waals surface area (Å²) in [5.41, 5.74) is 13.2. The number of ether oxygens (including phenoxy) is 2. The maximum absolute atomic E-state index is 11.7. The Hall–Kier alpha value is -3.55. The van der Waals surface area contributed by atoms with Gasteiger partial charge in [0.15, 0.2) is 11.6 Å². The van der Waals surface area contributed by atoms with Crippen molar-refractivity contribution in [1.82, 2.24) is 9.97 Å². The van der Waals surface area contributed by atoms with Gasteiger partial charge < -0.3 is 20.9 Å². The van der Waals surface area contributed by atoms with Gasteiger partial charge in [-0.2, -0.15) is 0 Å². The largest absolute Gasteiger partial charge is 0.454 e. The number of fused-ring (bicyclic) bond motifs is 1. The van der Waals surface area contributed by atoms with E-state index in [1.165, 1.54) is 6.20 Å². The van der Waals surface area contributed by atoms with Crippen LogP contribution in [0.1, 0.15) is 6.92 Å². The molecule has 1 aromatic carbocycles. The zero-order valence-corrected chi connectivity index (χ0v) is 13.5. The molecule has 3 aromatic rings. The molecular weight excluding hydrogens is 322 g/mol. The van der Waals surface area contributed by atoms with Crippen molar-refractivity contribution in [2.75, 3.05) is 23.4 Å². The maximum atomic E-state index is 11.7. The zero-order chi connectivity index (χ0) is 17.8.